The number of aromatic nitrogens is 1. The second kappa shape index (κ2) is 18.6. The molecule has 4 aromatic rings. The lowest BCUT2D eigenvalue weighted by atomic mass is 9.92. The van der Waals surface area contributed by atoms with Crippen LogP contribution in [0.3, 0.4) is 0 Å². The minimum atomic E-state index is -1.81. The predicted molar refractivity (Wildman–Crippen MR) is 198 cm³/mol. The molecule has 13 nitrogen and oxygen atoms in total. The molecular formula is C40H46FN3O10. The van der Waals surface area contributed by atoms with E-state index in [1.54, 1.807) is 53.1 Å². The minimum Gasteiger partial charge on any atom is -0.481 e. The Bertz CT molecular complexity index is 1900. The van der Waals surface area contributed by atoms with E-state index in [1.807, 2.05) is 13.8 Å². The van der Waals surface area contributed by atoms with Gasteiger partial charge in [0.05, 0.1) is 48.5 Å². The zero-order valence-electron chi connectivity index (χ0n) is 30.0. The van der Waals surface area contributed by atoms with Crippen molar-refractivity contribution in [1.29, 1.82) is 0 Å². The van der Waals surface area contributed by atoms with E-state index in [9.17, 15) is 44.3 Å². The van der Waals surface area contributed by atoms with Crippen molar-refractivity contribution in [3.05, 3.63) is 102 Å². The molecule has 2 amide bonds. The highest BCUT2D eigenvalue weighted by Crippen LogP contribution is 2.44. The number of nitrogens with two attached hydrogens (primary N) is 1. The average molecular weight is 748 g/mol. The summed E-state index contributed by atoms with van der Waals surface area (Å²) in [5.74, 6) is -5.42. The van der Waals surface area contributed by atoms with E-state index in [4.69, 9.17) is 10.8 Å². The van der Waals surface area contributed by atoms with Crippen LogP contribution < -0.4 is 10.6 Å². The number of primary amides is 1. The molecule has 1 aromatic heterocycles. The van der Waals surface area contributed by atoms with Crippen LogP contribution in [0, 0.1) is 5.82 Å². The molecule has 4 rings (SSSR count). The van der Waals surface area contributed by atoms with Gasteiger partial charge in [-0.05, 0) is 66.3 Å². The third-order valence-corrected chi connectivity index (χ3v) is 9.00. The Balaban J connectivity index is 2.03. The van der Waals surface area contributed by atoms with Crippen molar-refractivity contribution >= 4 is 29.4 Å². The maximum Gasteiger partial charge on any atom is 0.305 e. The smallest absolute Gasteiger partial charge is 0.305 e. The average Bonchev–Trinajstić information content (AvgIpc) is 3.45. The lowest BCUT2D eigenvalue weighted by molar-refractivity contribution is -0.140. The summed E-state index contributed by atoms with van der Waals surface area (Å²) in [5, 5.41) is 61.3. The molecule has 0 aliphatic rings. The summed E-state index contributed by atoms with van der Waals surface area (Å²) in [4.78, 5) is 52.2. The maximum absolute atomic E-state index is 15.5. The van der Waals surface area contributed by atoms with Crippen LogP contribution in [-0.4, -0.2) is 89.4 Å². The van der Waals surface area contributed by atoms with E-state index in [2.05, 4.69) is 0 Å². The first-order valence-electron chi connectivity index (χ1n) is 17.5. The summed E-state index contributed by atoms with van der Waals surface area (Å²) in [6.07, 6.45) is -7.99. The number of hydrogen-bond acceptors (Lipinski definition) is 8. The summed E-state index contributed by atoms with van der Waals surface area (Å²) in [6.45, 7) is 3.70. The highest BCUT2D eigenvalue weighted by Gasteiger charge is 2.41. The Morgan fingerprint density at radius 1 is 0.741 bits per heavy atom. The number of halogens is 1. The van der Waals surface area contributed by atoms with Crippen molar-refractivity contribution in [2.24, 2.45) is 5.73 Å². The highest BCUT2D eigenvalue weighted by atomic mass is 19.1. The number of anilines is 1. The molecule has 0 aliphatic carbocycles. The standard InChI is InChI=1S/C40H46FN3O10/c1-23(2)36-35(40(54)44(27-11-7-4-8-12-27)38(39(42)53)31(48)20-30(47)22-33(51)52)34(24-9-5-3-6-10-24)37(25-13-15-26(41)16-14-25)43(36)18-17-28(45)19-29(46)21-32(49)50/h3-16,23,28-31,38,45-48H,17-22H2,1-2H3,(H2,42,53)(H,49,50)(H,51,52)/t28-,29-,30+,31-,38+/m1/s1. The number of rotatable bonds is 19. The van der Waals surface area contributed by atoms with Crippen LogP contribution in [0.15, 0.2) is 84.9 Å². The summed E-state index contributed by atoms with van der Waals surface area (Å²) in [6, 6.07) is 20.6. The molecule has 0 radical (unpaired) electrons. The summed E-state index contributed by atoms with van der Waals surface area (Å²) in [7, 11) is 0. The van der Waals surface area contributed by atoms with Crippen molar-refractivity contribution in [3.63, 3.8) is 0 Å². The number of carbonyl (C=O) groups excluding carboxylic acids is 2. The third kappa shape index (κ3) is 10.2. The predicted octanol–water partition coefficient (Wildman–Crippen LogP) is 4.15. The number of benzene rings is 3. The van der Waals surface area contributed by atoms with E-state index in [1.165, 1.54) is 36.4 Å². The van der Waals surface area contributed by atoms with Crippen LogP contribution in [0.25, 0.3) is 22.4 Å². The number of aliphatic hydroxyl groups excluding tert-OH is 4. The number of amides is 2. The number of nitrogens with zero attached hydrogens (tertiary/aromatic N) is 2. The van der Waals surface area contributed by atoms with Gasteiger partial charge in [0.15, 0.2) is 0 Å². The number of aliphatic hydroxyl groups is 4. The first-order chi connectivity index (χ1) is 25.6. The van der Waals surface area contributed by atoms with Crippen molar-refractivity contribution in [2.75, 3.05) is 4.90 Å². The second-order valence-electron chi connectivity index (χ2n) is 13.5. The molecule has 0 fully saturated rings. The van der Waals surface area contributed by atoms with Gasteiger partial charge in [-0.3, -0.25) is 24.1 Å². The zero-order chi connectivity index (χ0) is 39.7. The molecule has 0 unspecified atom stereocenters. The van der Waals surface area contributed by atoms with Crippen LogP contribution in [0.1, 0.15) is 67.9 Å². The number of carboxylic acids is 2. The fourth-order valence-electron chi connectivity index (χ4n) is 6.77. The van der Waals surface area contributed by atoms with Gasteiger partial charge in [0.1, 0.15) is 11.9 Å². The fraction of sp³-hybridized carbons (Fsp3) is 0.350. The summed E-state index contributed by atoms with van der Waals surface area (Å²) in [5.41, 5.74) is 8.44. The van der Waals surface area contributed by atoms with Crippen molar-refractivity contribution in [1.82, 2.24) is 4.57 Å². The normalized spacial score (nSPS) is 14.2. The molecule has 288 valence electrons. The number of para-hydroxylation sites is 1. The topological polar surface area (TPSA) is 224 Å². The van der Waals surface area contributed by atoms with Crippen LogP contribution >= 0.6 is 0 Å². The Kier molecular flexibility index (Phi) is 14.2. The van der Waals surface area contributed by atoms with Crippen molar-refractivity contribution in [2.45, 2.75) is 88.9 Å². The van der Waals surface area contributed by atoms with E-state index < -0.39 is 85.2 Å². The van der Waals surface area contributed by atoms with Crippen molar-refractivity contribution < 1.29 is 54.2 Å². The van der Waals surface area contributed by atoms with Gasteiger partial charge in [-0.2, -0.15) is 0 Å². The summed E-state index contributed by atoms with van der Waals surface area (Å²) >= 11 is 0. The van der Waals surface area contributed by atoms with Gasteiger partial charge >= 0.3 is 11.9 Å². The first kappa shape index (κ1) is 41.3. The first-order valence-corrected chi connectivity index (χ1v) is 17.5. The molecule has 1 heterocycles. The SMILES string of the molecule is CC(C)c1c(C(=O)N(c2ccccc2)[C@H](C(N)=O)[C@H](O)C[C@H](O)CC(=O)O)c(-c2ccccc2)c(-c2ccc(F)cc2)n1CC[C@@H](O)C[C@@H](O)CC(=O)O. The molecule has 8 N–H and O–H groups in total. The largest absolute Gasteiger partial charge is 0.481 e. The van der Waals surface area contributed by atoms with E-state index in [0.29, 0.717) is 28.1 Å². The van der Waals surface area contributed by atoms with Gasteiger partial charge in [-0.1, -0.05) is 62.4 Å². The van der Waals surface area contributed by atoms with Crippen molar-refractivity contribution in [3.8, 4) is 22.4 Å². The highest BCUT2D eigenvalue weighted by molar-refractivity contribution is 6.16. The van der Waals surface area contributed by atoms with E-state index in [-0.39, 0.29) is 30.6 Å². The van der Waals surface area contributed by atoms with Crippen LogP contribution in [0.4, 0.5) is 10.1 Å². The number of aliphatic carboxylic acids is 2. The second-order valence-corrected chi connectivity index (χ2v) is 13.5. The summed E-state index contributed by atoms with van der Waals surface area (Å²) < 4.78 is 16.1. The number of carboxylic acid groups (broad SMARTS) is 2. The zero-order valence-corrected chi connectivity index (χ0v) is 30.0. The van der Waals surface area contributed by atoms with E-state index in [0.717, 1.165) is 4.90 Å². The quantitative estimate of drug-likeness (QED) is 0.0726. The Hall–Kier alpha value is -5.41. The molecule has 0 aliphatic heterocycles. The van der Waals surface area contributed by atoms with Crippen LogP contribution in [0.5, 0.6) is 0 Å². The molecular weight excluding hydrogens is 701 g/mol. The number of hydrogen-bond donors (Lipinski definition) is 7. The van der Waals surface area contributed by atoms with Crippen LogP contribution in [-0.2, 0) is 20.9 Å². The molecule has 14 heteroatoms. The number of carbonyl (C=O) groups is 4. The molecule has 0 saturated carbocycles. The van der Waals surface area contributed by atoms with Crippen LogP contribution in [0.2, 0.25) is 0 Å². The third-order valence-electron chi connectivity index (χ3n) is 9.00. The molecule has 0 spiro atoms. The lowest BCUT2D eigenvalue weighted by Gasteiger charge is -2.34. The molecule has 0 saturated heterocycles. The Morgan fingerprint density at radius 2 is 1.28 bits per heavy atom. The monoisotopic (exact) mass is 747 g/mol. The molecule has 5 atom stereocenters. The Morgan fingerprint density at radius 3 is 1.80 bits per heavy atom. The van der Waals surface area contributed by atoms with Gasteiger partial charge in [0.2, 0.25) is 5.91 Å². The lowest BCUT2D eigenvalue weighted by Crippen LogP contribution is -2.55. The van der Waals surface area contributed by atoms with Gasteiger partial charge in [-0.15, -0.1) is 0 Å². The molecule has 0 bridgehead atoms. The van der Waals surface area contributed by atoms with Gasteiger partial charge in [0, 0.05) is 29.9 Å². The maximum atomic E-state index is 15.5. The molecule has 3 aromatic carbocycles. The van der Waals surface area contributed by atoms with Gasteiger partial charge < -0.3 is 40.9 Å². The molecule has 54 heavy (non-hydrogen) atoms. The van der Waals surface area contributed by atoms with Gasteiger partial charge in [0.25, 0.3) is 5.91 Å². The van der Waals surface area contributed by atoms with Gasteiger partial charge in [-0.25, -0.2) is 4.39 Å². The fourth-order valence-corrected chi connectivity index (χ4v) is 6.77. The van der Waals surface area contributed by atoms with E-state index >= 15 is 4.79 Å². The minimum absolute atomic E-state index is 0.00756. The Labute approximate surface area is 311 Å².